The Morgan fingerprint density at radius 3 is 2.43 bits per heavy atom. The molecule has 28 heavy (non-hydrogen) atoms. The van der Waals surface area contributed by atoms with Gasteiger partial charge in [-0.25, -0.2) is 4.98 Å². The van der Waals surface area contributed by atoms with Crippen LogP contribution in [0.3, 0.4) is 0 Å². The number of rotatable bonds is 10. The third-order valence-corrected chi connectivity index (χ3v) is 4.28. The van der Waals surface area contributed by atoms with Crippen molar-refractivity contribution in [2.24, 2.45) is 0 Å². The summed E-state index contributed by atoms with van der Waals surface area (Å²) < 4.78 is 0. The second-order valence-electron chi connectivity index (χ2n) is 6.75. The first-order chi connectivity index (χ1) is 13.3. The Labute approximate surface area is 170 Å². The molecule has 0 bridgehead atoms. The van der Waals surface area contributed by atoms with Crippen molar-refractivity contribution in [2.75, 3.05) is 26.5 Å². The fourth-order valence-corrected chi connectivity index (χ4v) is 2.74. The van der Waals surface area contributed by atoms with Crippen LogP contribution < -0.4 is 15.8 Å². The van der Waals surface area contributed by atoms with Gasteiger partial charge in [-0.2, -0.15) is 0 Å². The Hall–Kier alpha value is -3.01. The van der Waals surface area contributed by atoms with E-state index in [4.69, 9.17) is 0 Å². The monoisotopic (exact) mass is 378 g/mol. The lowest BCUT2D eigenvalue weighted by Gasteiger charge is -2.16. The zero-order chi connectivity index (χ0) is 21.1. The van der Waals surface area contributed by atoms with Gasteiger partial charge in [0, 0.05) is 57.8 Å². The SMILES string of the molecule is C=C/C(=C\N(C)C)CC(=C)Nc1cc(=C/C/C(=C/C)N(C)C=C)/c(=C\C)cn1. The Bertz CT molecular complexity index is 872. The average Bonchev–Trinajstić information content (AvgIpc) is 2.67. The third-order valence-electron chi connectivity index (χ3n) is 4.28. The predicted molar refractivity (Wildman–Crippen MR) is 124 cm³/mol. The first kappa shape index (κ1) is 23.0. The Balaban J connectivity index is 3.07. The molecule has 0 aliphatic carbocycles. The molecule has 4 nitrogen and oxygen atoms in total. The van der Waals surface area contributed by atoms with E-state index in [0.29, 0.717) is 6.42 Å². The highest BCUT2D eigenvalue weighted by Gasteiger charge is 2.02. The van der Waals surface area contributed by atoms with E-state index in [9.17, 15) is 0 Å². The number of hydrogen-bond donors (Lipinski definition) is 1. The summed E-state index contributed by atoms with van der Waals surface area (Å²) in [6.45, 7) is 15.9. The Morgan fingerprint density at radius 1 is 1.18 bits per heavy atom. The first-order valence-electron chi connectivity index (χ1n) is 9.42. The predicted octanol–water partition coefficient (Wildman–Crippen LogP) is 3.98. The molecule has 0 saturated carbocycles. The molecule has 0 spiro atoms. The summed E-state index contributed by atoms with van der Waals surface area (Å²) in [5.41, 5.74) is 3.16. The van der Waals surface area contributed by atoms with Crippen LogP contribution in [0.4, 0.5) is 5.82 Å². The lowest BCUT2D eigenvalue weighted by atomic mass is 10.1. The van der Waals surface area contributed by atoms with E-state index >= 15 is 0 Å². The third kappa shape index (κ3) is 7.31. The lowest BCUT2D eigenvalue weighted by Crippen LogP contribution is -2.26. The van der Waals surface area contributed by atoms with Crippen molar-refractivity contribution in [3.63, 3.8) is 0 Å². The molecule has 1 heterocycles. The summed E-state index contributed by atoms with van der Waals surface area (Å²) in [5, 5.41) is 5.56. The molecule has 0 radical (unpaired) electrons. The van der Waals surface area contributed by atoms with Crippen molar-refractivity contribution in [2.45, 2.75) is 26.7 Å². The lowest BCUT2D eigenvalue weighted by molar-refractivity contribution is 0.558. The first-order valence-corrected chi connectivity index (χ1v) is 9.42. The van der Waals surface area contributed by atoms with Gasteiger partial charge >= 0.3 is 0 Å². The minimum absolute atomic E-state index is 0.691. The van der Waals surface area contributed by atoms with Crippen LogP contribution in [0.25, 0.3) is 12.2 Å². The highest BCUT2D eigenvalue weighted by Crippen LogP contribution is 2.13. The van der Waals surface area contributed by atoms with Crippen LogP contribution in [0, 0.1) is 0 Å². The van der Waals surface area contributed by atoms with E-state index in [1.54, 1.807) is 0 Å². The summed E-state index contributed by atoms with van der Waals surface area (Å²) >= 11 is 0. The number of anilines is 1. The molecule has 0 saturated heterocycles. The van der Waals surface area contributed by atoms with Crippen molar-refractivity contribution in [1.82, 2.24) is 14.8 Å². The minimum atomic E-state index is 0.691. The molecule has 0 aliphatic heterocycles. The van der Waals surface area contributed by atoms with E-state index in [0.717, 1.165) is 33.9 Å². The Kier molecular flexibility index (Phi) is 9.58. The maximum atomic E-state index is 4.52. The molecule has 0 atom stereocenters. The zero-order valence-electron chi connectivity index (χ0n) is 18.0. The number of hydrogen-bond acceptors (Lipinski definition) is 4. The van der Waals surface area contributed by atoms with Crippen molar-refractivity contribution < 1.29 is 0 Å². The maximum absolute atomic E-state index is 4.52. The highest BCUT2D eigenvalue weighted by atomic mass is 15.1. The van der Waals surface area contributed by atoms with E-state index in [2.05, 4.69) is 54.3 Å². The molecule has 150 valence electrons. The normalized spacial score (nSPS) is 13.3. The van der Waals surface area contributed by atoms with Gasteiger partial charge in [-0.15, -0.1) is 0 Å². The standard InChI is InChI=1S/C24H34N4/c1-9-20(18-27(6)7)15-19(5)26-24-16-22(21(10-2)17-25-24)13-14-23(11-3)28(8)12-4/h9-13,16-18,26H,1,4-5,14-15H2,2-3,6-8H3/b20-18+,21-10-,22-13-,23-11-. The van der Waals surface area contributed by atoms with E-state index in [1.807, 2.05) is 69.5 Å². The van der Waals surface area contributed by atoms with Crippen LogP contribution in [-0.2, 0) is 0 Å². The van der Waals surface area contributed by atoms with Crippen LogP contribution in [0.15, 0.2) is 73.5 Å². The summed E-state index contributed by atoms with van der Waals surface area (Å²) in [6, 6.07) is 2.06. The van der Waals surface area contributed by atoms with Gasteiger partial charge in [-0.05, 0) is 42.1 Å². The minimum Gasteiger partial charge on any atom is -0.383 e. The van der Waals surface area contributed by atoms with Gasteiger partial charge in [0.05, 0.1) is 0 Å². The van der Waals surface area contributed by atoms with Crippen molar-refractivity contribution in [3.8, 4) is 0 Å². The molecule has 0 aromatic carbocycles. The maximum Gasteiger partial charge on any atom is 0.130 e. The topological polar surface area (TPSA) is 31.4 Å². The van der Waals surface area contributed by atoms with Crippen molar-refractivity contribution >= 4 is 18.0 Å². The molecule has 0 unspecified atom stereocenters. The summed E-state index contributed by atoms with van der Waals surface area (Å²) in [5.74, 6) is 0.786. The summed E-state index contributed by atoms with van der Waals surface area (Å²) in [6.07, 6.45) is 15.5. The van der Waals surface area contributed by atoms with Gasteiger partial charge in [0.1, 0.15) is 5.82 Å². The number of pyridine rings is 1. The van der Waals surface area contributed by atoms with E-state index < -0.39 is 0 Å². The fourth-order valence-electron chi connectivity index (χ4n) is 2.74. The molecule has 4 heteroatoms. The smallest absolute Gasteiger partial charge is 0.130 e. The molecular formula is C24H34N4. The zero-order valence-corrected chi connectivity index (χ0v) is 18.0. The van der Waals surface area contributed by atoms with Crippen molar-refractivity contribution in [3.05, 3.63) is 84.0 Å². The molecule has 1 N–H and O–H groups in total. The van der Waals surface area contributed by atoms with Gasteiger partial charge in [-0.1, -0.05) is 44.0 Å². The molecule has 1 rings (SSSR count). The number of nitrogens with zero attached hydrogens (tertiary/aromatic N) is 3. The van der Waals surface area contributed by atoms with Crippen LogP contribution in [0.2, 0.25) is 0 Å². The van der Waals surface area contributed by atoms with Crippen LogP contribution in [0.1, 0.15) is 26.7 Å². The van der Waals surface area contributed by atoms with E-state index in [1.165, 1.54) is 5.70 Å². The molecule has 1 aromatic heterocycles. The fraction of sp³-hybridized carbons (Fsp3) is 0.292. The van der Waals surface area contributed by atoms with Gasteiger partial charge in [-0.3, -0.25) is 0 Å². The van der Waals surface area contributed by atoms with Crippen LogP contribution in [0.5, 0.6) is 0 Å². The molecule has 1 aromatic rings. The largest absolute Gasteiger partial charge is 0.383 e. The van der Waals surface area contributed by atoms with Gasteiger partial charge in [0.25, 0.3) is 0 Å². The van der Waals surface area contributed by atoms with E-state index in [-0.39, 0.29) is 0 Å². The number of aromatic nitrogens is 1. The molecule has 0 amide bonds. The quantitative estimate of drug-likeness (QED) is 0.624. The summed E-state index contributed by atoms with van der Waals surface area (Å²) in [7, 11) is 5.99. The Morgan fingerprint density at radius 2 is 1.89 bits per heavy atom. The van der Waals surface area contributed by atoms with Crippen LogP contribution >= 0.6 is 0 Å². The number of allylic oxidation sites excluding steroid dienone is 4. The van der Waals surface area contributed by atoms with Gasteiger partial charge in [0.15, 0.2) is 0 Å². The second kappa shape index (κ2) is 11.7. The van der Waals surface area contributed by atoms with Crippen LogP contribution in [-0.4, -0.2) is 35.9 Å². The summed E-state index contributed by atoms with van der Waals surface area (Å²) in [4.78, 5) is 8.55. The molecule has 0 aliphatic rings. The second-order valence-corrected chi connectivity index (χ2v) is 6.75. The highest BCUT2D eigenvalue weighted by molar-refractivity contribution is 5.45. The average molecular weight is 379 g/mol. The van der Waals surface area contributed by atoms with Gasteiger partial charge < -0.3 is 15.1 Å². The van der Waals surface area contributed by atoms with Crippen molar-refractivity contribution in [1.29, 1.82) is 0 Å². The van der Waals surface area contributed by atoms with Gasteiger partial charge in [0.2, 0.25) is 0 Å². The molecular weight excluding hydrogens is 344 g/mol. The number of nitrogens with one attached hydrogen (secondary N) is 1. The molecule has 0 fully saturated rings.